The van der Waals surface area contributed by atoms with E-state index in [2.05, 4.69) is 14.5 Å². The molecule has 2 saturated heterocycles. The minimum atomic E-state index is -0.686. The Balaban J connectivity index is 1.48. The Hall–Kier alpha value is -2.39. The Morgan fingerprint density at radius 3 is 2.70 bits per heavy atom. The average molecular weight is 458 g/mol. The van der Waals surface area contributed by atoms with Crippen molar-refractivity contribution in [1.29, 1.82) is 0 Å². The molecule has 0 aromatic carbocycles. The second-order valence-corrected chi connectivity index (χ2v) is 11.0. The number of hydrogen-bond acceptors (Lipinski definition) is 7. The van der Waals surface area contributed by atoms with Gasteiger partial charge in [0.2, 0.25) is 0 Å². The predicted octanol–water partition coefficient (Wildman–Crippen LogP) is 3.88. The van der Waals surface area contributed by atoms with E-state index in [9.17, 15) is 4.79 Å². The number of nitrogens with two attached hydrogens (primary N) is 1. The average Bonchev–Trinajstić information content (AvgIpc) is 3.38. The van der Waals surface area contributed by atoms with Crippen molar-refractivity contribution in [3.63, 3.8) is 0 Å². The zero-order valence-corrected chi connectivity index (χ0v) is 20.2. The standard InChI is InChI=1S/C24H35N5O4/c1-23(2,3)33-22(30)29-10-7-6-8-16(29)15-12-17(19-18(15)31-24(4,5)32-19)28-11-9-14-20(25)26-13-27-21(14)28/h9,11,13,15-19H,6-8,10,12H2,1-5H3,(H2,25,26,27)/t15-,16-,17-,18-,19+/m1/s1. The van der Waals surface area contributed by atoms with Gasteiger partial charge < -0.3 is 29.4 Å². The number of hydrogen-bond donors (Lipinski definition) is 1. The fourth-order valence-corrected chi connectivity index (χ4v) is 5.85. The molecule has 3 aliphatic rings. The second-order valence-electron chi connectivity index (χ2n) is 11.0. The Morgan fingerprint density at radius 2 is 1.94 bits per heavy atom. The molecule has 0 unspecified atom stereocenters. The molecule has 2 aromatic rings. The second kappa shape index (κ2) is 7.84. The van der Waals surface area contributed by atoms with Gasteiger partial charge in [0, 0.05) is 24.7 Å². The summed E-state index contributed by atoms with van der Waals surface area (Å²) in [6.07, 6.45) is 6.85. The van der Waals surface area contributed by atoms with Crippen LogP contribution in [0.5, 0.6) is 0 Å². The Labute approximate surface area is 194 Å². The molecule has 1 aliphatic carbocycles. The van der Waals surface area contributed by atoms with E-state index in [1.807, 2.05) is 51.8 Å². The van der Waals surface area contributed by atoms with Crippen LogP contribution < -0.4 is 5.73 Å². The van der Waals surface area contributed by atoms with Crippen LogP contribution in [0.1, 0.15) is 66.3 Å². The summed E-state index contributed by atoms with van der Waals surface area (Å²) in [6.45, 7) is 10.4. The van der Waals surface area contributed by atoms with E-state index in [0.29, 0.717) is 12.4 Å². The molecule has 180 valence electrons. The first kappa shape index (κ1) is 22.4. The van der Waals surface area contributed by atoms with Crippen molar-refractivity contribution in [2.75, 3.05) is 12.3 Å². The summed E-state index contributed by atoms with van der Waals surface area (Å²) < 4.78 is 20.8. The molecule has 5 rings (SSSR count). The first-order valence-corrected chi connectivity index (χ1v) is 12.0. The molecule has 4 heterocycles. The largest absolute Gasteiger partial charge is 0.444 e. The van der Waals surface area contributed by atoms with Crippen molar-refractivity contribution in [3.05, 3.63) is 18.6 Å². The lowest BCUT2D eigenvalue weighted by Gasteiger charge is -2.41. The number of rotatable bonds is 2. The number of nitrogen functional groups attached to an aromatic ring is 1. The normalized spacial score (nSPS) is 31.7. The van der Waals surface area contributed by atoms with Crippen molar-refractivity contribution in [1.82, 2.24) is 19.4 Å². The topological polar surface area (TPSA) is 105 Å². The minimum Gasteiger partial charge on any atom is -0.444 e. The summed E-state index contributed by atoms with van der Waals surface area (Å²) in [7, 11) is 0. The summed E-state index contributed by atoms with van der Waals surface area (Å²) in [5.74, 6) is -0.0855. The number of carbonyl (C=O) groups is 1. The van der Waals surface area contributed by atoms with Gasteiger partial charge in [-0.3, -0.25) is 0 Å². The maximum Gasteiger partial charge on any atom is 0.410 e. The lowest BCUT2D eigenvalue weighted by atomic mass is 9.87. The fraction of sp³-hybridized carbons (Fsp3) is 0.708. The highest BCUT2D eigenvalue weighted by molar-refractivity contribution is 5.86. The molecule has 2 aliphatic heterocycles. The Morgan fingerprint density at radius 1 is 1.18 bits per heavy atom. The number of aromatic nitrogens is 3. The monoisotopic (exact) mass is 457 g/mol. The zero-order chi connectivity index (χ0) is 23.5. The summed E-state index contributed by atoms with van der Waals surface area (Å²) in [6, 6.07) is 2.03. The van der Waals surface area contributed by atoms with Crippen LogP contribution in [0.2, 0.25) is 0 Å². The molecule has 0 radical (unpaired) electrons. The number of likely N-dealkylation sites (tertiary alicyclic amines) is 1. The number of ether oxygens (including phenoxy) is 3. The maximum atomic E-state index is 13.1. The molecular weight excluding hydrogens is 422 g/mol. The quantitative estimate of drug-likeness (QED) is 0.729. The van der Waals surface area contributed by atoms with Gasteiger partial charge in [0.25, 0.3) is 0 Å². The molecule has 0 bridgehead atoms. The molecule has 3 fully saturated rings. The molecule has 2 aromatic heterocycles. The van der Waals surface area contributed by atoms with Crippen molar-refractivity contribution in [2.45, 2.75) is 96.0 Å². The van der Waals surface area contributed by atoms with Gasteiger partial charge in [-0.2, -0.15) is 0 Å². The number of fused-ring (bicyclic) bond motifs is 2. The predicted molar refractivity (Wildman–Crippen MR) is 123 cm³/mol. The molecular formula is C24H35N5O4. The lowest BCUT2D eigenvalue weighted by molar-refractivity contribution is -0.163. The summed E-state index contributed by atoms with van der Waals surface area (Å²) in [4.78, 5) is 23.7. The van der Waals surface area contributed by atoms with E-state index < -0.39 is 11.4 Å². The fourth-order valence-electron chi connectivity index (χ4n) is 5.85. The molecule has 9 nitrogen and oxygen atoms in total. The first-order chi connectivity index (χ1) is 15.5. The van der Waals surface area contributed by atoms with Crippen LogP contribution in [0.3, 0.4) is 0 Å². The number of piperidine rings is 1. The number of amides is 1. The smallest absolute Gasteiger partial charge is 0.410 e. The summed E-state index contributed by atoms with van der Waals surface area (Å²) in [5.41, 5.74) is 6.36. The van der Waals surface area contributed by atoms with E-state index in [4.69, 9.17) is 19.9 Å². The van der Waals surface area contributed by atoms with E-state index >= 15 is 0 Å². The third-order valence-electron chi connectivity index (χ3n) is 7.05. The molecule has 1 amide bonds. The third-order valence-corrected chi connectivity index (χ3v) is 7.05. The molecule has 0 spiro atoms. The van der Waals surface area contributed by atoms with E-state index in [0.717, 1.165) is 36.7 Å². The third kappa shape index (κ3) is 4.05. The SMILES string of the molecule is CC(C)(C)OC(=O)N1CCCC[C@@H]1[C@H]1C[C@@H](n2ccc3c(N)ncnc32)[C@@H]2OC(C)(C)O[C@H]12. The summed E-state index contributed by atoms with van der Waals surface area (Å²) in [5, 5.41) is 0.837. The molecule has 9 heteroatoms. The highest BCUT2D eigenvalue weighted by Gasteiger charge is 2.57. The van der Waals surface area contributed by atoms with Crippen LogP contribution in [-0.4, -0.2) is 61.7 Å². The molecule has 2 N–H and O–H groups in total. The van der Waals surface area contributed by atoms with Crippen LogP contribution in [-0.2, 0) is 14.2 Å². The van der Waals surface area contributed by atoms with Crippen molar-refractivity contribution >= 4 is 22.9 Å². The van der Waals surface area contributed by atoms with Crippen molar-refractivity contribution in [3.8, 4) is 0 Å². The van der Waals surface area contributed by atoms with Gasteiger partial charge in [-0.15, -0.1) is 0 Å². The minimum absolute atomic E-state index is 0.0241. The van der Waals surface area contributed by atoms with Gasteiger partial charge in [-0.1, -0.05) is 0 Å². The zero-order valence-electron chi connectivity index (χ0n) is 20.2. The Bertz CT molecular complexity index is 1050. The highest BCUT2D eigenvalue weighted by atomic mass is 16.8. The van der Waals surface area contributed by atoms with E-state index in [1.165, 1.54) is 6.33 Å². The van der Waals surface area contributed by atoms with Crippen LogP contribution in [0.25, 0.3) is 11.0 Å². The van der Waals surface area contributed by atoms with Gasteiger partial charge in [0.05, 0.1) is 17.5 Å². The molecule has 33 heavy (non-hydrogen) atoms. The van der Waals surface area contributed by atoms with Gasteiger partial charge >= 0.3 is 6.09 Å². The Kier molecular flexibility index (Phi) is 5.32. The first-order valence-electron chi connectivity index (χ1n) is 12.0. The van der Waals surface area contributed by atoms with Gasteiger partial charge in [-0.05, 0) is 66.4 Å². The van der Waals surface area contributed by atoms with Crippen LogP contribution in [0.4, 0.5) is 10.6 Å². The lowest BCUT2D eigenvalue weighted by Crippen LogP contribution is -2.51. The molecule has 5 atom stereocenters. The van der Waals surface area contributed by atoms with Crippen LogP contribution in [0.15, 0.2) is 18.6 Å². The van der Waals surface area contributed by atoms with Gasteiger partial charge in [0.15, 0.2) is 5.79 Å². The summed E-state index contributed by atoms with van der Waals surface area (Å²) >= 11 is 0. The van der Waals surface area contributed by atoms with E-state index in [-0.39, 0.29) is 36.3 Å². The van der Waals surface area contributed by atoms with Gasteiger partial charge in [-0.25, -0.2) is 14.8 Å². The van der Waals surface area contributed by atoms with Crippen molar-refractivity contribution in [2.24, 2.45) is 5.92 Å². The van der Waals surface area contributed by atoms with Crippen LogP contribution in [0, 0.1) is 5.92 Å². The van der Waals surface area contributed by atoms with Gasteiger partial charge in [0.1, 0.15) is 29.5 Å². The van der Waals surface area contributed by atoms with E-state index in [1.54, 1.807) is 0 Å². The maximum absolute atomic E-state index is 13.1. The highest BCUT2D eigenvalue weighted by Crippen LogP contribution is 2.50. The van der Waals surface area contributed by atoms with Crippen LogP contribution >= 0.6 is 0 Å². The molecule has 1 saturated carbocycles. The number of anilines is 1. The van der Waals surface area contributed by atoms with Crippen molar-refractivity contribution < 1.29 is 19.0 Å². The number of carbonyl (C=O) groups excluding carboxylic acids is 1. The number of nitrogens with zero attached hydrogens (tertiary/aromatic N) is 4.